The maximum absolute atomic E-state index is 11.5. The minimum atomic E-state index is -0.642. The third-order valence-electron chi connectivity index (χ3n) is 2.99. The maximum atomic E-state index is 11.5. The van der Waals surface area contributed by atoms with E-state index < -0.39 is 10.8 Å². The van der Waals surface area contributed by atoms with E-state index in [1.54, 1.807) is 0 Å². The number of benzene rings is 1. The van der Waals surface area contributed by atoms with Crippen molar-refractivity contribution in [1.82, 2.24) is 5.32 Å². The lowest BCUT2D eigenvalue weighted by Crippen LogP contribution is -2.36. The zero-order valence-corrected chi connectivity index (χ0v) is 10.6. The van der Waals surface area contributed by atoms with Crippen molar-refractivity contribution in [3.05, 3.63) is 35.4 Å². The Morgan fingerprint density at radius 3 is 2.75 bits per heavy atom. The molecule has 0 saturated carbocycles. The van der Waals surface area contributed by atoms with Crippen molar-refractivity contribution in [1.29, 1.82) is 0 Å². The van der Waals surface area contributed by atoms with Crippen LogP contribution < -0.4 is 5.32 Å². The number of hydrogen-bond donors (Lipinski definition) is 1. The van der Waals surface area contributed by atoms with Gasteiger partial charge in [-0.25, -0.2) is 0 Å². The molecular weight excluding hydrogens is 218 g/mol. The van der Waals surface area contributed by atoms with Crippen LogP contribution in [0.15, 0.2) is 24.3 Å². The summed E-state index contributed by atoms with van der Waals surface area (Å²) in [5.74, 6) is 1.55. The zero-order valence-electron chi connectivity index (χ0n) is 9.74. The molecule has 2 rings (SSSR count). The van der Waals surface area contributed by atoms with Crippen molar-refractivity contribution in [2.75, 3.05) is 18.1 Å². The predicted octanol–water partition coefficient (Wildman–Crippen LogP) is 2.03. The molecule has 88 valence electrons. The first-order valence-corrected chi connectivity index (χ1v) is 7.45. The molecule has 1 N–H and O–H groups in total. The Labute approximate surface area is 99.9 Å². The molecule has 3 heteroatoms. The minimum Gasteiger partial charge on any atom is -0.308 e. The second-order valence-electron chi connectivity index (χ2n) is 4.31. The molecule has 1 heterocycles. The van der Waals surface area contributed by atoms with Gasteiger partial charge in [-0.2, -0.15) is 0 Å². The summed E-state index contributed by atoms with van der Waals surface area (Å²) in [6, 6.07) is 9.01. The quantitative estimate of drug-likeness (QED) is 0.871. The molecule has 2 nitrogen and oxygen atoms in total. The lowest BCUT2D eigenvalue weighted by atomic mass is 10.0. The fourth-order valence-electron chi connectivity index (χ4n) is 2.09. The van der Waals surface area contributed by atoms with Crippen LogP contribution in [-0.2, 0) is 17.2 Å². The molecule has 1 aromatic rings. The highest BCUT2D eigenvalue weighted by atomic mass is 32.2. The van der Waals surface area contributed by atoms with Crippen molar-refractivity contribution >= 4 is 10.8 Å². The van der Waals surface area contributed by atoms with Gasteiger partial charge in [-0.15, -0.1) is 0 Å². The van der Waals surface area contributed by atoms with Gasteiger partial charge in [0.2, 0.25) is 0 Å². The van der Waals surface area contributed by atoms with E-state index in [-0.39, 0.29) is 6.04 Å². The highest BCUT2D eigenvalue weighted by Crippen LogP contribution is 2.18. The van der Waals surface area contributed by atoms with Crippen molar-refractivity contribution in [2.24, 2.45) is 0 Å². The van der Waals surface area contributed by atoms with Gasteiger partial charge in [0.25, 0.3) is 0 Å². The summed E-state index contributed by atoms with van der Waals surface area (Å²) in [5, 5.41) is 3.42. The Kier molecular flexibility index (Phi) is 4.13. The molecule has 0 amide bonds. The van der Waals surface area contributed by atoms with E-state index in [0.29, 0.717) is 0 Å². The predicted molar refractivity (Wildman–Crippen MR) is 69.1 cm³/mol. The van der Waals surface area contributed by atoms with Crippen molar-refractivity contribution in [2.45, 2.75) is 25.8 Å². The van der Waals surface area contributed by atoms with Gasteiger partial charge >= 0.3 is 0 Å². The zero-order chi connectivity index (χ0) is 11.4. The number of nitrogens with one attached hydrogen (secondary N) is 1. The van der Waals surface area contributed by atoms with Crippen molar-refractivity contribution in [3.63, 3.8) is 0 Å². The average molecular weight is 237 g/mol. The molecule has 0 bridgehead atoms. The highest BCUT2D eigenvalue weighted by Gasteiger charge is 2.18. The Hall–Kier alpha value is -0.670. The normalized spacial score (nSPS) is 25.6. The van der Waals surface area contributed by atoms with Crippen LogP contribution in [0.25, 0.3) is 0 Å². The van der Waals surface area contributed by atoms with E-state index in [1.807, 2.05) is 0 Å². The van der Waals surface area contributed by atoms with Crippen LogP contribution in [-0.4, -0.2) is 22.3 Å². The first kappa shape index (κ1) is 11.8. The molecule has 0 aliphatic carbocycles. The van der Waals surface area contributed by atoms with Gasteiger partial charge in [-0.1, -0.05) is 37.6 Å². The molecule has 16 heavy (non-hydrogen) atoms. The first-order chi connectivity index (χ1) is 7.79. The average Bonchev–Trinajstić information content (AvgIpc) is 2.30. The van der Waals surface area contributed by atoms with E-state index in [1.165, 1.54) is 17.5 Å². The smallest absolute Gasteiger partial charge is 0.0437 e. The summed E-state index contributed by atoms with van der Waals surface area (Å²) < 4.78 is 11.5. The Morgan fingerprint density at radius 1 is 1.38 bits per heavy atom. The summed E-state index contributed by atoms with van der Waals surface area (Å²) in [7, 11) is -0.642. The van der Waals surface area contributed by atoms with E-state index in [2.05, 4.69) is 36.5 Å². The summed E-state index contributed by atoms with van der Waals surface area (Å²) in [4.78, 5) is 0. The van der Waals surface area contributed by atoms with E-state index in [4.69, 9.17) is 0 Å². The van der Waals surface area contributed by atoms with Crippen LogP contribution >= 0.6 is 0 Å². The molecule has 0 spiro atoms. The SMILES string of the molecule is CCCc1ccc(C2CS(=O)CCN2)cc1. The second kappa shape index (κ2) is 5.60. The van der Waals surface area contributed by atoms with E-state index in [9.17, 15) is 4.21 Å². The molecule has 0 aromatic heterocycles. The molecule has 1 saturated heterocycles. The summed E-state index contributed by atoms with van der Waals surface area (Å²) >= 11 is 0. The Balaban J connectivity index is 2.05. The standard InChI is InChI=1S/C13H19NOS/c1-2-3-11-4-6-12(7-5-11)13-10-16(15)9-8-14-13/h4-7,13-14H,2-3,8-10H2,1H3. The van der Waals surface area contributed by atoms with Crippen LogP contribution in [0, 0.1) is 0 Å². The fourth-order valence-corrected chi connectivity index (χ4v) is 3.29. The highest BCUT2D eigenvalue weighted by molar-refractivity contribution is 7.85. The van der Waals surface area contributed by atoms with Crippen LogP contribution in [0.4, 0.5) is 0 Å². The van der Waals surface area contributed by atoms with Crippen molar-refractivity contribution < 1.29 is 4.21 Å². The maximum Gasteiger partial charge on any atom is 0.0437 e. The first-order valence-electron chi connectivity index (χ1n) is 5.97. The van der Waals surface area contributed by atoms with Crippen LogP contribution in [0.5, 0.6) is 0 Å². The van der Waals surface area contributed by atoms with Crippen molar-refractivity contribution in [3.8, 4) is 0 Å². The van der Waals surface area contributed by atoms with Crippen LogP contribution in [0.1, 0.15) is 30.5 Å². The van der Waals surface area contributed by atoms with Gasteiger partial charge in [-0.3, -0.25) is 4.21 Å². The second-order valence-corrected chi connectivity index (χ2v) is 5.93. The van der Waals surface area contributed by atoms with Gasteiger partial charge in [0.05, 0.1) is 0 Å². The topological polar surface area (TPSA) is 29.1 Å². The number of rotatable bonds is 3. The van der Waals surface area contributed by atoms with Gasteiger partial charge in [0.15, 0.2) is 0 Å². The fraction of sp³-hybridized carbons (Fsp3) is 0.538. The summed E-state index contributed by atoms with van der Waals surface area (Å²) in [6.07, 6.45) is 2.33. The third-order valence-corrected chi connectivity index (χ3v) is 4.36. The molecule has 1 aromatic carbocycles. The molecular formula is C13H19NOS. The van der Waals surface area contributed by atoms with Crippen LogP contribution in [0.2, 0.25) is 0 Å². The lowest BCUT2D eigenvalue weighted by Gasteiger charge is -2.23. The monoisotopic (exact) mass is 237 g/mol. The molecule has 2 atom stereocenters. The van der Waals surface area contributed by atoms with Gasteiger partial charge in [0.1, 0.15) is 0 Å². The Morgan fingerprint density at radius 2 is 2.12 bits per heavy atom. The molecule has 1 aliphatic rings. The van der Waals surface area contributed by atoms with Crippen LogP contribution in [0.3, 0.4) is 0 Å². The molecule has 2 unspecified atom stereocenters. The molecule has 1 aliphatic heterocycles. The van der Waals surface area contributed by atoms with Gasteiger partial charge in [0, 0.05) is 34.9 Å². The van der Waals surface area contributed by atoms with Gasteiger partial charge < -0.3 is 5.32 Å². The number of hydrogen-bond acceptors (Lipinski definition) is 2. The largest absolute Gasteiger partial charge is 0.308 e. The Bertz CT molecular complexity index is 361. The minimum absolute atomic E-state index is 0.283. The lowest BCUT2D eigenvalue weighted by molar-refractivity contribution is 0.572. The third kappa shape index (κ3) is 2.92. The number of aryl methyl sites for hydroxylation is 1. The van der Waals surface area contributed by atoms with E-state index in [0.717, 1.165) is 24.5 Å². The van der Waals surface area contributed by atoms with E-state index >= 15 is 0 Å². The summed E-state index contributed by atoms with van der Waals surface area (Å²) in [6.45, 7) is 3.06. The summed E-state index contributed by atoms with van der Waals surface area (Å²) in [5.41, 5.74) is 2.66. The molecule has 1 fully saturated rings. The molecule has 0 radical (unpaired) electrons. The van der Waals surface area contributed by atoms with Gasteiger partial charge in [-0.05, 0) is 17.5 Å².